The molecule has 1 atom stereocenters. The minimum Gasteiger partial charge on any atom is -0.356 e. The van der Waals surface area contributed by atoms with E-state index in [0.717, 1.165) is 57.4 Å². The molecular weight excluding hydrogens is 272 g/mol. The van der Waals surface area contributed by atoms with Crippen molar-refractivity contribution in [2.45, 2.75) is 32.1 Å². The summed E-state index contributed by atoms with van der Waals surface area (Å²) in [7, 11) is 0. The molecule has 0 saturated heterocycles. The molecule has 1 aliphatic heterocycles. The highest BCUT2D eigenvalue weighted by atomic mass is 15.2. The van der Waals surface area contributed by atoms with Crippen molar-refractivity contribution in [3.05, 3.63) is 35.4 Å². The van der Waals surface area contributed by atoms with Crippen molar-refractivity contribution in [3.63, 3.8) is 0 Å². The summed E-state index contributed by atoms with van der Waals surface area (Å²) in [5.74, 6) is 1.78. The Hall–Kier alpha value is -1.55. The predicted molar refractivity (Wildman–Crippen MR) is 92.4 cm³/mol. The van der Waals surface area contributed by atoms with E-state index in [1.54, 1.807) is 11.1 Å². The quantitative estimate of drug-likeness (QED) is 0.701. The van der Waals surface area contributed by atoms with E-state index in [-0.39, 0.29) is 0 Å². The van der Waals surface area contributed by atoms with Crippen LogP contribution in [-0.4, -0.2) is 38.7 Å². The van der Waals surface area contributed by atoms with Gasteiger partial charge in [0.15, 0.2) is 5.96 Å². The van der Waals surface area contributed by atoms with Gasteiger partial charge in [-0.2, -0.15) is 0 Å². The first-order valence-corrected chi connectivity index (χ1v) is 8.71. The Labute approximate surface area is 133 Å². The van der Waals surface area contributed by atoms with Crippen LogP contribution in [-0.2, 0) is 12.8 Å². The zero-order valence-electron chi connectivity index (χ0n) is 13.4. The zero-order chi connectivity index (χ0) is 15.0. The molecule has 3 rings (SSSR count). The number of aryl methyl sites for hydroxylation is 1. The normalized spacial score (nSPS) is 20.7. The van der Waals surface area contributed by atoms with Crippen molar-refractivity contribution < 1.29 is 0 Å². The maximum Gasteiger partial charge on any atom is 0.191 e. The lowest BCUT2D eigenvalue weighted by molar-refractivity contribution is 0.423. The summed E-state index contributed by atoms with van der Waals surface area (Å²) in [4.78, 5) is 4.42. The number of guanidine groups is 1. The van der Waals surface area contributed by atoms with Gasteiger partial charge < -0.3 is 16.0 Å². The summed E-state index contributed by atoms with van der Waals surface area (Å²) >= 11 is 0. The maximum atomic E-state index is 4.42. The molecule has 120 valence electrons. The molecule has 4 nitrogen and oxygen atoms in total. The molecule has 0 spiro atoms. The summed E-state index contributed by atoms with van der Waals surface area (Å²) in [6.07, 6.45) is 6.10. The van der Waals surface area contributed by atoms with Crippen molar-refractivity contribution in [1.29, 1.82) is 0 Å². The van der Waals surface area contributed by atoms with Crippen LogP contribution in [0.4, 0.5) is 0 Å². The van der Waals surface area contributed by atoms with Crippen molar-refractivity contribution in [2.75, 3.05) is 32.7 Å². The zero-order valence-corrected chi connectivity index (χ0v) is 13.4. The van der Waals surface area contributed by atoms with Crippen molar-refractivity contribution >= 4 is 5.96 Å². The minimum absolute atomic E-state index is 0.798. The molecule has 0 saturated carbocycles. The molecular formula is C18H28N4. The minimum atomic E-state index is 0.798. The van der Waals surface area contributed by atoms with Gasteiger partial charge in [0.05, 0.1) is 0 Å². The fraction of sp³-hybridized carbons (Fsp3) is 0.611. The van der Waals surface area contributed by atoms with E-state index >= 15 is 0 Å². The summed E-state index contributed by atoms with van der Waals surface area (Å²) in [5, 5.41) is 10.3. The lowest BCUT2D eigenvalue weighted by Gasteiger charge is -2.24. The van der Waals surface area contributed by atoms with Gasteiger partial charge in [-0.15, -0.1) is 0 Å². The largest absolute Gasteiger partial charge is 0.356 e. The van der Waals surface area contributed by atoms with Crippen LogP contribution in [0.3, 0.4) is 0 Å². The number of aliphatic imine (C=N–C) groups is 1. The van der Waals surface area contributed by atoms with Crippen molar-refractivity contribution in [1.82, 2.24) is 16.0 Å². The van der Waals surface area contributed by atoms with E-state index in [2.05, 4.69) is 45.2 Å². The van der Waals surface area contributed by atoms with E-state index in [1.165, 1.54) is 19.3 Å². The molecule has 22 heavy (non-hydrogen) atoms. The third-order valence-electron chi connectivity index (χ3n) is 4.60. The topological polar surface area (TPSA) is 48.5 Å². The molecule has 1 aliphatic carbocycles. The molecule has 1 aromatic rings. The smallest absolute Gasteiger partial charge is 0.191 e. The summed E-state index contributed by atoms with van der Waals surface area (Å²) in [6.45, 7) is 5.22. The summed E-state index contributed by atoms with van der Waals surface area (Å²) in [6, 6.07) is 8.91. The average Bonchev–Trinajstić information content (AvgIpc) is 2.59. The molecule has 2 aliphatic rings. The number of nitrogens with one attached hydrogen (secondary N) is 3. The van der Waals surface area contributed by atoms with E-state index < -0.39 is 0 Å². The van der Waals surface area contributed by atoms with Crippen LogP contribution in [0.1, 0.15) is 30.4 Å². The van der Waals surface area contributed by atoms with E-state index in [4.69, 9.17) is 0 Å². The molecule has 0 radical (unpaired) electrons. The molecule has 1 heterocycles. The van der Waals surface area contributed by atoms with Gasteiger partial charge in [-0.3, -0.25) is 4.99 Å². The highest BCUT2D eigenvalue weighted by Crippen LogP contribution is 2.24. The van der Waals surface area contributed by atoms with Gasteiger partial charge in [0.1, 0.15) is 0 Å². The Kier molecular flexibility index (Phi) is 5.71. The summed E-state index contributed by atoms with van der Waals surface area (Å²) < 4.78 is 0. The van der Waals surface area contributed by atoms with E-state index in [0.29, 0.717) is 0 Å². The first-order valence-electron chi connectivity index (χ1n) is 8.71. The van der Waals surface area contributed by atoms with Crippen LogP contribution in [0.2, 0.25) is 0 Å². The molecule has 0 amide bonds. The van der Waals surface area contributed by atoms with Crippen LogP contribution in [0.25, 0.3) is 0 Å². The first kappa shape index (κ1) is 15.3. The Balaban J connectivity index is 1.27. The number of fused-ring (bicyclic) bond motifs is 1. The third-order valence-corrected chi connectivity index (χ3v) is 4.60. The highest BCUT2D eigenvalue weighted by molar-refractivity contribution is 5.80. The lowest BCUT2D eigenvalue weighted by atomic mass is 9.84. The SMILES string of the molecule is c1ccc2c(c1)CCC(CNCCCNC1=NCCCN1)C2. The van der Waals surface area contributed by atoms with Gasteiger partial charge in [0.25, 0.3) is 0 Å². The molecule has 0 aromatic heterocycles. The van der Waals surface area contributed by atoms with Crippen LogP contribution in [0, 0.1) is 5.92 Å². The third kappa shape index (κ3) is 4.47. The molecule has 3 N–H and O–H groups in total. The van der Waals surface area contributed by atoms with Crippen LogP contribution < -0.4 is 16.0 Å². The van der Waals surface area contributed by atoms with Crippen molar-refractivity contribution in [2.24, 2.45) is 10.9 Å². The summed E-state index contributed by atoms with van der Waals surface area (Å²) in [5.41, 5.74) is 3.12. The Bertz CT molecular complexity index is 498. The van der Waals surface area contributed by atoms with Crippen LogP contribution in [0.15, 0.2) is 29.3 Å². The number of nitrogens with zero attached hydrogens (tertiary/aromatic N) is 1. The van der Waals surface area contributed by atoms with Gasteiger partial charge >= 0.3 is 0 Å². The molecule has 1 aromatic carbocycles. The van der Waals surface area contributed by atoms with Gasteiger partial charge in [-0.25, -0.2) is 0 Å². The molecule has 1 unspecified atom stereocenters. The number of benzene rings is 1. The number of hydrogen-bond donors (Lipinski definition) is 3. The fourth-order valence-electron chi connectivity index (χ4n) is 3.32. The molecule has 4 heteroatoms. The molecule has 0 bridgehead atoms. The monoisotopic (exact) mass is 300 g/mol. The average molecular weight is 300 g/mol. The maximum absolute atomic E-state index is 4.42. The van der Waals surface area contributed by atoms with E-state index in [9.17, 15) is 0 Å². The van der Waals surface area contributed by atoms with Gasteiger partial charge in [0, 0.05) is 19.6 Å². The van der Waals surface area contributed by atoms with Crippen LogP contribution in [0.5, 0.6) is 0 Å². The molecule has 0 fully saturated rings. The van der Waals surface area contributed by atoms with Gasteiger partial charge in [-0.05, 0) is 62.2 Å². The second-order valence-electron chi connectivity index (χ2n) is 6.37. The Morgan fingerprint density at radius 2 is 2.09 bits per heavy atom. The number of hydrogen-bond acceptors (Lipinski definition) is 4. The number of rotatable bonds is 6. The predicted octanol–water partition coefficient (Wildman–Crippen LogP) is 1.71. The first-order chi connectivity index (χ1) is 10.9. The fourth-order valence-corrected chi connectivity index (χ4v) is 3.32. The Morgan fingerprint density at radius 3 is 2.95 bits per heavy atom. The standard InChI is InChI=1S/C18H28N4/c1-2-6-17-13-15(7-8-16(17)5-1)14-19-9-3-10-20-18-21-11-4-12-22-18/h1-2,5-6,15,19H,3-4,7-14H2,(H2,20,21,22). The highest BCUT2D eigenvalue weighted by Gasteiger charge is 2.17. The van der Waals surface area contributed by atoms with Gasteiger partial charge in [-0.1, -0.05) is 24.3 Å². The second-order valence-corrected chi connectivity index (χ2v) is 6.37. The van der Waals surface area contributed by atoms with Crippen molar-refractivity contribution in [3.8, 4) is 0 Å². The second kappa shape index (κ2) is 8.18. The lowest BCUT2D eigenvalue weighted by Crippen LogP contribution is -2.41. The Morgan fingerprint density at radius 1 is 1.18 bits per heavy atom. The van der Waals surface area contributed by atoms with Crippen LogP contribution >= 0.6 is 0 Å². The van der Waals surface area contributed by atoms with Gasteiger partial charge in [0.2, 0.25) is 0 Å². The van der Waals surface area contributed by atoms with E-state index in [1.807, 2.05) is 0 Å².